The molecule has 0 fully saturated rings. The molecule has 3 rings (SSSR count). The van der Waals surface area contributed by atoms with Crippen molar-refractivity contribution in [3.63, 3.8) is 0 Å². The monoisotopic (exact) mass is 474 g/mol. The van der Waals surface area contributed by atoms with Gasteiger partial charge in [-0.15, -0.1) is 10.2 Å². The Labute approximate surface area is 185 Å². The summed E-state index contributed by atoms with van der Waals surface area (Å²) in [6.45, 7) is 0.105. The minimum Gasteiger partial charge on any atom is -0.486 e. The number of para-hydroxylation sites is 1. The maximum atomic E-state index is 13.2. The molecule has 6 nitrogen and oxygen atoms in total. The molecule has 0 spiro atoms. The van der Waals surface area contributed by atoms with Gasteiger partial charge in [-0.3, -0.25) is 4.79 Å². The van der Waals surface area contributed by atoms with E-state index in [9.17, 15) is 9.18 Å². The maximum absolute atomic E-state index is 13.2. The zero-order chi connectivity index (χ0) is 21.0. The van der Waals surface area contributed by atoms with Gasteiger partial charge in [0.15, 0.2) is 11.0 Å². The predicted molar refractivity (Wildman–Crippen MR) is 113 cm³/mol. The molecule has 0 aliphatic carbocycles. The molecule has 0 atom stereocenters. The van der Waals surface area contributed by atoms with Crippen molar-refractivity contribution >= 4 is 58.2 Å². The van der Waals surface area contributed by atoms with Gasteiger partial charge in [-0.1, -0.05) is 52.6 Å². The van der Waals surface area contributed by atoms with Gasteiger partial charge in [-0.05, 0) is 24.3 Å². The fourth-order valence-corrected chi connectivity index (χ4v) is 3.63. The van der Waals surface area contributed by atoms with E-state index in [2.05, 4.69) is 15.5 Å². The van der Waals surface area contributed by atoms with E-state index in [1.54, 1.807) is 29.8 Å². The van der Waals surface area contributed by atoms with Gasteiger partial charge in [0.05, 0.1) is 26.5 Å². The molecule has 1 amide bonds. The first kappa shape index (κ1) is 21.7. The summed E-state index contributed by atoms with van der Waals surface area (Å²) in [7, 11) is 1.75. The Balaban J connectivity index is 1.56. The van der Waals surface area contributed by atoms with Gasteiger partial charge in [0.25, 0.3) is 0 Å². The maximum Gasteiger partial charge on any atom is 0.234 e. The predicted octanol–water partition coefficient (Wildman–Crippen LogP) is 5.22. The largest absolute Gasteiger partial charge is 0.486 e. The van der Waals surface area contributed by atoms with Crippen LogP contribution < -0.4 is 10.1 Å². The van der Waals surface area contributed by atoms with Crippen molar-refractivity contribution in [3.8, 4) is 5.75 Å². The standard InChI is InChI=1S/C18H14Cl3FN4O2S/c1-26-15(8-28-10-5-6-14(22)13(21)7-10)24-25-18(26)29-9-16(27)23-17-11(19)3-2-4-12(17)20/h2-7H,8-9H2,1H3,(H,23,27). The Bertz CT molecular complexity index is 1030. The van der Waals surface area contributed by atoms with E-state index in [1.165, 1.54) is 30.0 Å². The molecule has 29 heavy (non-hydrogen) atoms. The van der Waals surface area contributed by atoms with Crippen LogP contribution in [0.3, 0.4) is 0 Å². The summed E-state index contributed by atoms with van der Waals surface area (Å²) in [6.07, 6.45) is 0. The zero-order valence-electron chi connectivity index (χ0n) is 15.0. The molecule has 2 aromatic carbocycles. The van der Waals surface area contributed by atoms with Crippen molar-refractivity contribution in [1.82, 2.24) is 14.8 Å². The molecular weight excluding hydrogens is 462 g/mol. The van der Waals surface area contributed by atoms with Crippen molar-refractivity contribution in [2.24, 2.45) is 7.05 Å². The molecule has 0 aliphatic heterocycles. The summed E-state index contributed by atoms with van der Waals surface area (Å²) in [5, 5.41) is 12.0. The van der Waals surface area contributed by atoms with Crippen LogP contribution in [0.2, 0.25) is 15.1 Å². The summed E-state index contributed by atoms with van der Waals surface area (Å²) < 4.78 is 20.5. The molecule has 1 heterocycles. The molecule has 0 bridgehead atoms. The Morgan fingerprint density at radius 3 is 2.59 bits per heavy atom. The Hall–Kier alpha value is -2.00. The zero-order valence-corrected chi connectivity index (χ0v) is 18.0. The van der Waals surface area contributed by atoms with Crippen molar-refractivity contribution in [1.29, 1.82) is 0 Å². The van der Waals surface area contributed by atoms with E-state index in [4.69, 9.17) is 39.5 Å². The Kier molecular flexibility index (Phi) is 7.23. The van der Waals surface area contributed by atoms with Crippen LogP contribution in [-0.4, -0.2) is 26.4 Å². The third-order valence-electron chi connectivity index (χ3n) is 3.74. The topological polar surface area (TPSA) is 69.0 Å². The first-order valence-electron chi connectivity index (χ1n) is 8.18. The number of thioether (sulfide) groups is 1. The number of benzene rings is 2. The van der Waals surface area contributed by atoms with E-state index in [-0.39, 0.29) is 23.3 Å². The number of halogens is 4. The van der Waals surface area contributed by atoms with Crippen molar-refractivity contribution in [2.45, 2.75) is 11.8 Å². The van der Waals surface area contributed by atoms with Crippen LogP contribution in [0, 0.1) is 5.82 Å². The average Bonchev–Trinajstić information content (AvgIpc) is 3.04. The number of anilines is 1. The van der Waals surface area contributed by atoms with Crippen molar-refractivity contribution in [2.75, 3.05) is 11.1 Å². The van der Waals surface area contributed by atoms with Gasteiger partial charge >= 0.3 is 0 Å². The SMILES string of the molecule is Cn1c(COc2ccc(F)c(Cl)c2)nnc1SCC(=O)Nc1c(Cl)cccc1Cl. The van der Waals surface area contributed by atoms with E-state index >= 15 is 0 Å². The van der Waals surface area contributed by atoms with Crippen LogP contribution in [0.15, 0.2) is 41.6 Å². The fraction of sp³-hybridized carbons (Fsp3) is 0.167. The fourth-order valence-electron chi connectivity index (χ4n) is 2.23. The number of nitrogens with one attached hydrogen (secondary N) is 1. The van der Waals surface area contributed by atoms with E-state index in [0.717, 1.165) is 0 Å². The van der Waals surface area contributed by atoms with Crippen LogP contribution in [0.5, 0.6) is 5.75 Å². The summed E-state index contributed by atoms with van der Waals surface area (Å²) in [5.41, 5.74) is 0.367. The molecule has 0 aliphatic rings. The van der Waals surface area contributed by atoms with Crippen molar-refractivity contribution < 1.29 is 13.9 Å². The number of carbonyl (C=O) groups excluding carboxylic acids is 1. The van der Waals surface area contributed by atoms with Crippen LogP contribution in [0.25, 0.3) is 0 Å². The third kappa shape index (κ3) is 5.54. The highest BCUT2D eigenvalue weighted by molar-refractivity contribution is 7.99. The van der Waals surface area contributed by atoms with Gasteiger partial charge in [-0.2, -0.15) is 0 Å². The Morgan fingerprint density at radius 2 is 1.90 bits per heavy atom. The second-order valence-corrected chi connectivity index (χ2v) is 7.92. The van der Waals surface area contributed by atoms with Gasteiger partial charge in [-0.25, -0.2) is 4.39 Å². The lowest BCUT2D eigenvalue weighted by molar-refractivity contribution is -0.113. The van der Waals surface area contributed by atoms with Crippen LogP contribution in [0.1, 0.15) is 5.82 Å². The highest BCUT2D eigenvalue weighted by atomic mass is 35.5. The lowest BCUT2D eigenvalue weighted by Gasteiger charge is -2.09. The number of amides is 1. The molecule has 11 heteroatoms. The minimum atomic E-state index is -0.521. The highest BCUT2D eigenvalue weighted by Gasteiger charge is 2.14. The van der Waals surface area contributed by atoms with Crippen LogP contribution in [-0.2, 0) is 18.4 Å². The first-order valence-corrected chi connectivity index (χ1v) is 10.3. The smallest absolute Gasteiger partial charge is 0.234 e. The molecule has 0 saturated carbocycles. The molecule has 1 aromatic heterocycles. The van der Waals surface area contributed by atoms with Gasteiger partial charge in [0, 0.05) is 13.1 Å². The summed E-state index contributed by atoms with van der Waals surface area (Å²) in [5.74, 6) is 0.216. The van der Waals surface area contributed by atoms with Crippen LogP contribution in [0.4, 0.5) is 10.1 Å². The number of hydrogen-bond donors (Lipinski definition) is 1. The Morgan fingerprint density at radius 1 is 1.17 bits per heavy atom. The van der Waals surface area contributed by atoms with Crippen LogP contribution >= 0.6 is 46.6 Å². The molecule has 3 aromatic rings. The highest BCUT2D eigenvalue weighted by Crippen LogP contribution is 2.30. The van der Waals surface area contributed by atoms with Crippen molar-refractivity contribution in [3.05, 3.63) is 63.1 Å². The molecule has 1 N–H and O–H groups in total. The van der Waals surface area contributed by atoms with E-state index in [1.807, 2.05) is 0 Å². The summed E-state index contributed by atoms with van der Waals surface area (Å²) in [4.78, 5) is 12.2. The van der Waals surface area contributed by atoms with Gasteiger partial charge in [0.1, 0.15) is 18.2 Å². The number of nitrogens with zero attached hydrogens (tertiary/aromatic N) is 3. The number of aromatic nitrogens is 3. The number of rotatable bonds is 7. The minimum absolute atomic E-state index is 0.0265. The molecule has 0 saturated heterocycles. The summed E-state index contributed by atoms with van der Waals surface area (Å²) >= 11 is 19.0. The number of hydrogen-bond acceptors (Lipinski definition) is 5. The number of ether oxygens (including phenoxy) is 1. The molecular formula is C18H14Cl3FN4O2S. The second-order valence-electron chi connectivity index (χ2n) is 5.76. The lowest BCUT2D eigenvalue weighted by Crippen LogP contribution is -2.15. The van der Waals surface area contributed by atoms with E-state index in [0.29, 0.717) is 32.5 Å². The molecule has 152 valence electrons. The molecule has 0 unspecified atom stereocenters. The number of carbonyl (C=O) groups is 1. The normalized spacial score (nSPS) is 10.8. The molecule has 0 radical (unpaired) electrons. The average molecular weight is 476 g/mol. The lowest BCUT2D eigenvalue weighted by atomic mass is 10.3. The first-order chi connectivity index (χ1) is 13.8. The van der Waals surface area contributed by atoms with Gasteiger partial charge < -0.3 is 14.6 Å². The second kappa shape index (κ2) is 9.67. The third-order valence-corrected chi connectivity index (χ3v) is 5.68. The van der Waals surface area contributed by atoms with Gasteiger partial charge in [0.2, 0.25) is 5.91 Å². The van der Waals surface area contributed by atoms with E-state index < -0.39 is 5.82 Å². The summed E-state index contributed by atoms with van der Waals surface area (Å²) in [6, 6.07) is 9.04. The quantitative estimate of drug-likeness (QED) is 0.474.